The number of hydrogen-bond acceptors (Lipinski definition) is 3. The first-order valence-electron chi connectivity index (χ1n) is 9.58. The van der Waals surface area contributed by atoms with Crippen molar-refractivity contribution in [3.05, 3.63) is 59.8 Å². The minimum atomic E-state index is -0.240. The summed E-state index contributed by atoms with van der Waals surface area (Å²) in [6.07, 6.45) is 0. The summed E-state index contributed by atoms with van der Waals surface area (Å²) in [4.78, 5) is 14.6. The van der Waals surface area contributed by atoms with E-state index in [-0.39, 0.29) is 6.03 Å². The van der Waals surface area contributed by atoms with Crippen molar-refractivity contribution in [1.29, 1.82) is 0 Å². The zero-order chi connectivity index (χ0) is 19.1. The Hall–Kier alpha value is -3.03. The number of aryl methyl sites for hydroxylation is 1. The number of morpholine rings is 1. The van der Waals surface area contributed by atoms with Gasteiger partial charge in [0.25, 0.3) is 0 Å². The number of rotatable bonds is 5. The van der Waals surface area contributed by atoms with Crippen molar-refractivity contribution >= 4 is 17.4 Å². The largest absolute Gasteiger partial charge is 0.379 e. The smallest absolute Gasteiger partial charge is 0.323 e. The van der Waals surface area contributed by atoms with Crippen LogP contribution in [-0.4, -0.2) is 46.6 Å². The Morgan fingerprint density at radius 3 is 2.43 bits per heavy atom. The van der Waals surface area contributed by atoms with Gasteiger partial charge in [0.15, 0.2) is 5.82 Å². The van der Waals surface area contributed by atoms with Crippen molar-refractivity contribution < 1.29 is 9.53 Å². The van der Waals surface area contributed by atoms with Gasteiger partial charge >= 0.3 is 6.03 Å². The summed E-state index contributed by atoms with van der Waals surface area (Å²) >= 11 is 0. The second-order valence-corrected chi connectivity index (χ2v) is 7.22. The highest BCUT2D eigenvalue weighted by Gasteiger charge is 2.42. The zero-order valence-corrected chi connectivity index (χ0v) is 15.8. The first-order valence-corrected chi connectivity index (χ1v) is 9.58. The molecule has 3 heterocycles. The molecule has 2 aromatic rings. The number of para-hydroxylation sites is 1. The molecule has 0 saturated carbocycles. The summed E-state index contributed by atoms with van der Waals surface area (Å²) in [5, 5.41) is 5.75. The summed E-state index contributed by atoms with van der Waals surface area (Å²) < 4.78 is 9.82. The number of nitrogens with one attached hydrogen (secondary N) is 2. The van der Waals surface area contributed by atoms with E-state index >= 15 is 0 Å². The first-order chi connectivity index (χ1) is 13.7. The predicted molar refractivity (Wildman–Crippen MR) is 109 cm³/mol. The van der Waals surface area contributed by atoms with Crippen LogP contribution >= 0.6 is 0 Å². The highest BCUT2D eigenvalue weighted by Crippen LogP contribution is 2.42. The lowest BCUT2D eigenvalue weighted by Gasteiger charge is -2.25. The average Bonchev–Trinajstić information content (AvgIpc) is 3.61. The minimum Gasteiger partial charge on any atom is -0.379 e. The van der Waals surface area contributed by atoms with E-state index in [9.17, 15) is 4.79 Å². The van der Waals surface area contributed by atoms with Crippen LogP contribution in [0.5, 0.6) is 0 Å². The van der Waals surface area contributed by atoms with Gasteiger partial charge in [-0.2, -0.15) is 0 Å². The molecule has 3 aliphatic rings. The van der Waals surface area contributed by atoms with E-state index in [0.717, 1.165) is 55.5 Å². The lowest BCUT2D eigenvalue weighted by Crippen LogP contribution is -2.35. The molecule has 1 fully saturated rings. The van der Waals surface area contributed by atoms with E-state index in [2.05, 4.69) is 24.9 Å². The lowest BCUT2D eigenvalue weighted by molar-refractivity contribution is 0.0341. The molecule has 2 amide bonds. The summed E-state index contributed by atoms with van der Waals surface area (Å²) in [6.45, 7) is 6.66. The third-order valence-corrected chi connectivity index (χ3v) is 5.27. The maximum Gasteiger partial charge on any atom is 0.323 e. The van der Waals surface area contributed by atoms with Gasteiger partial charge in [-0.3, -0.25) is 4.90 Å². The number of carbonyl (C=O) groups excluding carboxylic acids is 1. The van der Waals surface area contributed by atoms with Gasteiger partial charge < -0.3 is 15.4 Å². The number of carbonyl (C=O) groups is 1. The minimum absolute atomic E-state index is 0.240. The Bertz CT molecular complexity index is 994. The molecule has 0 spiro atoms. The third-order valence-electron chi connectivity index (χ3n) is 5.27. The van der Waals surface area contributed by atoms with Gasteiger partial charge in [-0.05, 0) is 42.8 Å². The highest BCUT2D eigenvalue weighted by atomic mass is 16.5. The molecule has 7 nitrogen and oxygen atoms in total. The lowest BCUT2D eigenvalue weighted by atomic mass is 10.2. The van der Waals surface area contributed by atoms with E-state index in [4.69, 9.17) is 4.74 Å². The number of anilines is 2. The maximum absolute atomic E-state index is 12.2. The number of urea groups is 1. The molecule has 0 radical (unpaired) electrons. The third kappa shape index (κ3) is 3.30. The molecule has 0 aliphatic carbocycles. The molecular formula is C21H23N5O2. The van der Waals surface area contributed by atoms with Crippen molar-refractivity contribution in [3.8, 4) is 11.5 Å². The summed E-state index contributed by atoms with van der Waals surface area (Å²) in [5.74, 6) is 1.31. The van der Waals surface area contributed by atoms with Crippen molar-refractivity contribution in [2.24, 2.45) is 0 Å². The number of amides is 2. The number of nitrogens with zero attached hydrogens (tertiary/aromatic N) is 3. The van der Waals surface area contributed by atoms with Crippen molar-refractivity contribution in [2.45, 2.75) is 13.5 Å². The molecule has 144 valence electrons. The maximum atomic E-state index is 12.2. The number of hydrogen-bond donors (Lipinski definition) is 2. The molecule has 2 aromatic carbocycles. The molecule has 0 unspecified atom stereocenters. The molecule has 0 atom stereocenters. The van der Waals surface area contributed by atoms with Gasteiger partial charge in [-0.15, -0.1) is 0 Å². The Labute approximate surface area is 163 Å². The number of aromatic nitrogens is 2. The Kier molecular flexibility index (Phi) is 4.18. The van der Waals surface area contributed by atoms with E-state index in [0.29, 0.717) is 0 Å². The first kappa shape index (κ1) is 17.1. The molecular weight excluding hydrogens is 354 g/mol. The van der Waals surface area contributed by atoms with Crippen LogP contribution < -0.4 is 10.6 Å². The van der Waals surface area contributed by atoms with E-state index in [1.807, 2.05) is 55.5 Å². The summed E-state index contributed by atoms with van der Waals surface area (Å²) in [7, 11) is 0. The van der Waals surface area contributed by atoms with Gasteiger partial charge in [-0.1, -0.05) is 18.2 Å². The molecule has 0 aromatic heterocycles. The zero-order valence-electron chi connectivity index (χ0n) is 15.8. The van der Waals surface area contributed by atoms with Gasteiger partial charge in [-0.25, -0.2) is 14.2 Å². The Morgan fingerprint density at radius 1 is 1.00 bits per heavy atom. The van der Waals surface area contributed by atoms with Crippen LogP contribution in [0.3, 0.4) is 0 Å². The van der Waals surface area contributed by atoms with Crippen LogP contribution in [0.2, 0.25) is 0 Å². The fourth-order valence-corrected chi connectivity index (χ4v) is 3.55. The van der Waals surface area contributed by atoms with Crippen LogP contribution in [0.15, 0.2) is 48.5 Å². The van der Waals surface area contributed by atoms with Crippen molar-refractivity contribution in [3.63, 3.8) is 0 Å². The second kappa shape index (κ2) is 6.85. The van der Waals surface area contributed by atoms with Crippen LogP contribution in [0.25, 0.3) is 11.5 Å². The van der Waals surface area contributed by atoms with Crippen LogP contribution in [0, 0.1) is 6.92 Å². The summed E-state index contributed by atoms with van der Waals surface area (Å²) in [6, 6.07) is 15.4. The molecule has 3 aliphatic heterocycles. The molecule has 28 heavy (non-hydrogen) atoms. The van der Waals surface area contributed by atoms with Gasteiger partial charge in [0.1, 0.15) is 5.69 Å². The van der Waals surface area contributed by atoms with Crippen molar-refractivity contribution in [1.82, 2.24) is 14.3 Å². The fraction of sp³-hybridized carbons (Fsp3) is 0.286. The van der Waals surface area contributed by atoms with Crippen LogP contribution in [-0.2, 0) is 11.3 Å². The van der Waals surface area contributed by atoms with Gasteiger partial charge in [0.05, 0.1) is 18.9 Å². The average molecular weight is 377 g/mol. The number of ether oxygens (including phenoxy) is 1. The van der Waals surface area contributed by atoms with Gasteiger partial charge in [0.2, 0.25) is 0 Å². The SMILES string of the molecule is Cc1ccccc1NC(=O)Nc1ccc(-n2c3c(CN4CCOCC4)n2-3)cc1. The van der Waals surface area contributed by atoms with E-state index in [1.165, 1.54) is 11.5 Å². The summed E-state index contributed by atoms with van der Waals surface area (Å²) in [5.41, 5.74) is 5.13. The molecule has 7 heteroatoms. The standard InChI is InChI=1S/C21H23N5O2/c1-15-4-2-3-5-18(15)23-21(27)22-16-6-8-17(9-7-16)25-20-19(26(20)25)14-24-10-12-28-13-11-24/h2-9H,10-14H2,1H3,(H2,22,23,27). The van der Waals surface area contributed by atoms with Crippen molar-refractivity contribution in [2.75, 3.05) is 36.9 Å². The predicted octanol–water partition coefficient (Wildman–Crippen LogP) is 3.37. The highest BCUT2D eigenvalue weighted by molar-refractivity contribution is 6.00. The van der Waals surface area contributed by atoms with Gasteiger partial charge in [0, 0.05) is 31.0 Å². The van der Waals surface area contributed by atoms with Crippen LogP contribution in [0.1, 0.15) is 11.3 Å². The monoisotopic (exact) mass is 377 g/mol. The topological polar surface area (TPSA) is 63.5 Å². The quantitative estimate of drug-likeness (QED) is 0.561. The molecule has 1 saturated heterocycles. The number of fused-ring (bicyclic) bond motifs is 1. The normalized spacial score (nSPS) is 15.5. The molecule has 2 N–H and O–H groups in total. The van der Waals surface area contributed by atoms with E-state index < -0.39 is 0 Å². The molecule has 5 rings (SSSR count). The second-order valence-electron chi connectivity index (χ2n) is 7.22. The van der Waals surface area contributed by atoms with Crippen LogP contribution in [0.4, 0.5) is 16.2 Å². The number of benzene rings is 2. The fourth-order valence-electron chi connectivity index (χ4n) is 3.55. The Balaban J connectivity index is 1.17. The van der Waals surface area contributed by atoms with E-state index in [1.54, 1.807) is 0 Å². The Morgan fingerprint density at radius 2 is 1.71 bits per heavy atom. The molecule has 0 bridgehead atoms.